The zero-order valence-corrected chi connectivity index (χ0v) is 16.3. The Kier molecular flexibility index (Phi) is 6.40. The zero-order valence-electron chi connectivity index (χ0n) is 16.3. The molecule has 0 aliphatic carbocycles. The molecule has 0 radical (unpaired) electrons. The number of pyridine rings is 1. The molecule has 2 fully saturated rings. The van der Waals surface area contributed by atoms with Crippen molar-refractivity contribution in [1.82, 2.24) is 19.7 Å². The maximum absolute atomic E-state index is 12.9. The highest BCUT2D eigenvalue weighted by atomic mass is 19.4. The van der Waals surface area contributed by atoms with Gasteiger partial charge in [0.15, 0.2) is 0 Å². The van der Waals surface area contributed by atoms with Crippen molar-refractivity contribution in [2.45, 2.75) is 19.1 Å². The molecule has 4 heterocycles. The van der Waals surface area contributed by atoms with E-state index in [1.54, 1.807) is 17.1 Å². The van der Waals surface area contributed by atoms with Crippen LogP contribution in [0.1, 0.15) is 12.0 Å². The lowest BCUT2D eigenvalue weighted by Gasteiger charge is -2.32. The normalized spacial score (nSPS) is 21.7. The summed E-state index contributed by atoms with van der Waals surface area (Å²) in [5, 5.41) is 11.3. The van der Waals surface area contributed by atoms with Crippen LogP contribution in [0.3, 0.4) is 0 Å². The Morgan fingerprint density at radius 1 is 1.30 bits per heavy atom. The number of piperidine rings is 1. The van der Waals surface area contributed by atoms with E-state index in [1.807, 2.05) is 30.4 Å². The number of carboxylic acid groups (broad SMARTS) is 1. The van der Waals surface area contributed by atoms with Crippen LogP contribution in [0.15, 0.2) is 36.9 Å². The van der Waals surface area contributed by atoms with Crippen molar-refractivity contribution in [3.63, 3.8) is 0 Å². The van der Waals surface area contributed by atoms with Crippen molar-refractivity contribution in [3.05, 3.63) is 42.5 Å². The van der Waals surface area contributed by atoms with Crippen LogP contribution in [-0.2, 0) is 23.2 Å². The molecule has 2 aromatic rings. The first kappa shape index (κ1) is 21.8. The number of nitrogens with zero attached hydrogens (tertiary/aromatic N) is 5. The number of anilines is 1. The number of hydrogen-bond donors (Lipinski definition) is 1. The number of likely N-dealkylation sites (tertiary alicyclic amines) is 1. The largest absolute Gasteiger partial charge is 0.490 e. The van der Waals surface area contributed by atoms with Gasteiger partial charge in [-0.15, -0.1) is 0 Å². The van der Waals surface area contributed by atoms with Gasteiger partial charge in [-0.3, -0.25) is 19.4 Å². The van der Waals surface area contributed by atoms with Crippen LogP contribution in [0.2, 0.25) is 0 Å². The van der Waals surface area contributed by atoms with Crippen molar-refractivity contribution in [3.8, 4) is 0 Å². The number of carboxylic acids is 1. The number of aryl methyl sites for hydroxylation is 1. The predicted octanol–water partition coefficient (Wildman–Crippen LogP) is 1.93. The van der Waals surface area contributed by atoms with Gasteiger partial charge in [0.1, 0.15) is 0 Å². The summed E-state index contributed by atoms with van der Waals surface area (Å²) in [4.78, 5) is 30.2. The molecule has 2 saturated heterocycles. The molecule has 1 amide bonds. The van der Waals surface area contributed by atoms with Crippen LogP contribution in [0, 0.1) is 11.8 Å². The third-order valence-corrected chi connectivity index (χ3v) is 5.20. The molecular formula is C19H22F3N5O3. The summed E-state index contributed by atoms with van der Waals surface area (Å²) in [6.45, 7) is 3.52. The number of carbonyl (C=O) groups excluding carboxylic acids is 1. The second-order valence-corrected chi connectivity index (χ2v) is 7.38. The minimum atomic E-state index is -5.08. The SMILES string of the molecule is Cn1cc(N2CCC3CN(Cc4cccnc4)CC3C2=O)cn1.O=C(O)C(F)(F)F. The summed E-state index contributed by atoms with van der Waals surface area (Å²) < 4.78 is 33.5. The van der Waals surface area contributed by atoms with Crippen molar-refractivity contribution in [2.24, 2.45) is 18.9 Å². The van der Waals surface area contributed by atoms with E-state index >= 15 is 0 Å². The molecule has 2 aliphatic rings. The summed E-state index contributed by atoms with van der Waals surface area (Å²) in [5.41, 5.74) is 2.13. The molecule has 4 rings (SSSR count). The van der Waals surface area contributed by atoms with Gasteiger partial charge in [0.05, 0.1) is 17.8 Å². The molecule has 1 N–H and O–H groups in total. The van der Waals surface area contributed by atoms with Crippen LogP contribution in [0.5, 0.6) is 0 Å². The van der Waals surface area contributed by atoms with E-state index in [2.05, 4.69) is 21.0 Å². The fourth-order valence-corrected chi connectivity index (χ4v) is 3.82. The van der Waals surface area contributed by atoms with Crippen LogP contribution in [0.4, 0.5) is 18.9 Å². The van der Waals surface area contributed by atoms with Gasteiger partial charge in [-0.2, -0.15) is 18.3 Å². The first-order valence-corrected chi connectivity index (χ1v) is 9.36. The van der Waals surface area contributed by atoms with Crippen molar-refractivity contribution in [1.29, 1.82) is 0 Å². The number of carbonyl (C=O) groups is 2. The summed E-state index contributed by atoms with van der Waals surface area (Å²) in [7, 11) is 1.88. The minimum absolute atomic E-state index is 0.112. The molecule has 30 heavy (non-hydrogen) atoms. The molecule has 162 valence electrons. The number of halogens is 3. The van der Waals surface area contributed by atoms with E-state index in [0.717, 1.165) is 38.3 Å². The van der Waals surface area contributed by atoms with E-state index in [1.165, 1.54) is 5.56 Å². The highest BCUT2D eigenvalue weighted by Crippen LogP contribution is 2.34. The standard InChI is InChI=1S/C17H21N5O.C2HF3O2/c1-20-11-15(8-19-20)22-6-4-14-10-21(12-16(14)17(22)23)9-13-3-2-5-18-7-13;3-2(4,5)1(6)7/h2-3,5,7-8,11,14,16H,4,6,9-10,12H2,1H3;(H,6,7). The fraction of sp³-hybridized carbons (Fsp3) is 0.474. The van der Waals surface area contributed by atoms with Crippen molar-refractivity contribution in [2.75, 3.05) is 24.5 Å². The number of aliphatic carboxylic acids is 1. The van der Waals surface area contributed by atoms with E-state index in [9.17, 15) is 18.0 Å². The highest BCUT2D eigenvalue weighted by Gasteiger charge is 2.43. The first-order valence-electron chi connectivity index (χ1n) is 9.36. The maximum Gasteiger partial charge on any atom is 0.490 e. The van der Waals surface area contributed by atoms with Gasteiger partial charge in [0.2, 0.25) is 5.91 Å². The molecule has 2 unspecified atom stereocenters. The average molecular weight is 425 g/mol. The highest BCUT2D eigenvalue weighted by molar-refractivity contribution is 5.96. The number of alkyl halides is 3. The van der Waals surface area contributed by atoms with Crippen LogP contribution >= 0.6 is 0 Å². The monoisotopic (exact) mass is 425 g/mol. The van der Waals surface area contributed by atoms with E-state index in [4.69, 9.17) is 9.90 Å². The number of rotatable bonds is 3. The van der Waals surface area contributed by atoms with Crippen LogP contribution < -0.4 is 4.90 Å². The molecule has 2 aliphatic heterocycles. The molecule has 2 atom stereocenters. The lowest BCUT2D eigenvalue weighted by Crippen LogP contribution is -2.45. The average Bonchev–Trinajstić information content (AvgIpc) is 3.29. The van der Waals surface area contributed by atoms with E-state index in [0.29, 0.717) is 5.92 Å². The van der Waals surface area contributed by atoms with Crippen molar-refractivity contribution >= 4 is 17.6 Å². The number of aromatic nitrogens is 3. The second-order valence-electron chi connectivity index (χ2n) is 7.38. The Morgan fingerprint density at radius 2 is 2.03 bits per heavy atom. The van der Waals surface area contributed by atoms with Crippen LogP contribution in [-0.4, -0.2) is 62.5 Å². The molecule has 0 spiro atoms. The van der Waals surface area contributed by atoms with E-state index in [-0.39, 0.29) is 11.8 Å². The Morgan fingerprint density at radius 3 is 2.60 bits per heavy atom. The Bertz CT molecular complexity index is 887. The van der Waals surface area contributed by atoms with Gasteiger partial charge in [0, 0.05) is 51.8 Å². The van der Waals surface area contributed by atoms with Gasteiger partial charge in [0.25, 0.3) is 0 Å². The predicted molar refractivity (Wildman–Crippen MR) is 100 cm³/mol. The molecule has 8 nitrogen and oxygen atoms in total. The quantitative estimate of drug-likeness (QED) is 0.808. The summed E-state index contributed by atoms with van der Waals surface area (Å²) in [6, 6.07) is 4.06. The van der Waals surface area contributed by atoms with Crippen LogP contribution in [0.25, 0.3) is 0 Å². The Balaban J connectivity index is 0.000000318. The molecule has 2 aromatic heterocycles. The number of hydrogen-bond acceptors (Lipinski definition) is 5. The van der Waals surface area contributed by atoms with Gasteiger partial charge in [-0.25, -0.2) is 4.79 Å². The zero-order chi connectivity index (χ0) is 21.9. The molecule has 0 bridgehead atoms. The topological polar surface area (TPSA) is 91.6 Å². The smallest absolute Gasteiger partial charge is 0.475 e. The molecule has 0 aromatic carbocycles. The molecule has 11 heteroatoms. The Labute approximate surface area is 170 Å². The first-order chi connectivity index (χ1) is 14.1. The summed E-state index contributed by atoms with van der Waals surface area (Å²) >= 11 is 0. The third kappa shape index (κ3) is 5.15. The number of fused-ring (bicyclic) bond motifs is 1. The molecular weight excluding hydrogens is 403 g/mol. The third-order valence-electron chi connectivity index (χ3n) is 5.20. The fourth-order valence-electron chi connectivity index (χ4n) is 3.82. The van der Waals surface area contributed by atoms with Gasteiger partial charge >= 0.3 is 12.1 Å². The summed E-state index contributed by atoms with van der Waals surface area (Å²) in [5.74, 6) is -1.91. The van der Waals surface area contributed by atoms with Crippen molar-refractivity contribution < 1.29 is 27.9 Å². The van der Waals surface area contributed by atoms with E-state index < -0.39 is 12.1 Å². The lowest BCUT2D eigenvalue weighted by atomic mass is 9.88. The lowest BCUT2D eigenvalue weighted by molar-refractivity contribution is -0.192. The number of amides is 1. The Hall–Kier alpha value is -2.95. The van der Waals surface area contributed by atoms with Gasteiger partial charge in [-0.1, -0.05) is 6.07 Å². The molecule has 0 saturated carbocycles. The minimum Gasteiger partial charge on any atom is -0.475 e. The summed E-state index contributed by atoms with van der Waals surface area (Å²) in [6.07, 6.45) is 3.38. The maximum atomic E-state index is 12.9. The van der Waals surface area contributed by atoms with Gasteiger partial charge < -0.3 is 10.0 Å². The van der Waals surface area contributed by atoms with Gasteiger partial charge in [-0.05, 0) is 24.0 Å². The second kappa shape index (κ2) is 8.82.